The summed E-state index contributed by atoms with van der Waals surface area (Å²) in [5, 5.41) is 0. The largest absolute Gasteiger partial charge is 0.342 e. The molecule has 0 spiro atoms. The number of nitrogens with two attached hydrogens (primary N) is 1. The molecule has 0 aliphatic carbocycles. The predicted octanol–water partition coefficient (Wildman–Crippen LogP) is 3.96. The Bertz CT molecular complexity index is 558. The Morgan fingerprint density at radius 3 is 2.15 bits per heavy atom. The summed E-state index contributed by atoms with van der Waals surface area (Å²) < 4.78 is 0. The molecule has 0 unspecified atom stereocenters. The Morgan fingerprint density at radius 2 is 1.60 bits per heavy atom. The van der Waals surface area contributed by atoms with Gasteiger partial charge in [0.1, 0.15) is 0 Å². The fourth-order valence-electron chi connectivity index (χ4n) is 2.52. The highest BCUT2D eigenvalue weighted by molar-refractivity contribution is 5.64. The molecule has 0 radical (unpaired) electrons. The smallest absolute Gasteiger partial charge is 0.0413 e. The van der Waals surface area contributed by atoms with E-state index in [9.17, 15) is 0 Å². The summed E-state index contributed by atoms with van der Waals surface area (Å²) in [5.41, 5.74) is 12.1. The number of hydrogen-bond donors (Lipinski definition) is 1. The first-order chi connectivity index (χ1) is 9.65. The van der Waals surface area contributed by atoms with Crippen LogP contribution in [0.5, 0.6) is 0 Å². The van der Waals surface area contributed by atoms with Crippen LogP contribution in [-0.2, 0) is 6.42 Å². The van der Waals surface area contributed by atoms with Gasteiger partial charge in [0.05, 0.1) is 0 Å². The van der Waals surface area contributed by atoms with E-state index in [0.717, 1.165) is 13.0 Å². The van der Waals surface area contributed by atoms with Gasteiger partial charge in [0.25, 0.3) is 0 Å². The minimum absolute atomic E-state index is 0.704. The van der Waals surface area contributed by atoms with Crippen LogP contribution >= 0.6 is 0 Å². The number of nitrogens with zero attached hydrogens (tertiary/aromatic N) is 1. The number of aryl methyl sites for hydroxylation is 2. The lowest BCUT2D eigenvalue weighted by Gasteiger charge is -2.24. The minimum Gasteiger partial charge on any atom is -0.342 e. The van der Waals surface area contributed by atoms with Gasteiger partial charge in [-0.3, -0.25) is 0 Å². The van der Waals surface area contributed by atoms with Gasteiger partial charge in [-0.15, -0.1) is 0 Å². The van der Waals surface area contributed by atoms with Crippen LogP contribution in [0.4, 0.5) is 11.4 Å². The third-order valence-corrected chi connectivity index (χ3v) is 3.71. The highest BCUT2D eigenvalue weighted by Gasteiger charge is 2.08. The molecule has 106 valence electrons. The number of benzene rings is 2. The van der Waals surface area contributed by atoms with Gasteiger partial charge in [-0.25, -0.2) is 0 Å². The molecule has 2 rings (SSSR count). The first-order valence-corrected chi connectivity index (χ1v) is 7.29. The molecule has 2 heteroatoms. The fourth-order valence-corrected chi connectivity index (χ4v) is 2.52. The first-order valence-electron chi connectivity index (χ1n) is 7.29. The maximum atomic E-state index is 5.65. The Balaban J connectivity index is 2.32. The zero-order valence-corrected chi connectivity index (χ0v) is 12.7. The van der Waals surface area contributed by atoms with E-state index < -0.39 is 0 Å². The van der Waals surface area contributed by atoms with Crippen molar-refractivity contribution in [2.45, 2.75) is 27.2 Å². The van der Waals surface area contributed by atoms with Gasteiger partial charge in [0, 0.05) is 17.9 Å². The summed E-state index contributed by atoms with van der Waals surface area (Å²) in [5.74, 6) is 0. The Labute approximate surface area is 122 Å². The average molecular weight is 268 g/mol. The maximum absolute atomic E-state index is 5.65. The van der Waals surface area contributed by atoms with Crippen LogP contribution in [0.3, 0.4) is 0 Å². The van der Waals surface area contributed by atoms with Crippen LogP contribution in [0.15, 0.2) is 42.5 Å². The second kappa shape index (κ2) is 6.58. The van der Waals surface area contributed by atoms with Gasteiger partial charge >= 0.3 is 0 Å². The summed E-state index contributed by atoms with van der Waals surface area (Å²) in [4.78, 5) is 2.33. The quantitative estimate of drug-likeness (QED) is 0.889. The van der Waals surface area contributed by atoms with Gasteiger partial charge in [-0.05, 0) is 69.1 Å². The van der Waals surface area contributed by atoms with Crippen LogP contribution < -0.4 is 10.6 Å². The van der Waals surface area contributed by atoms with Gasteiger partial charge in [0.15, 0.2) is 0 Å². The predicted molar refractivity (Wildman–Crippen MR) is 87.8 cm³/mol. The molecule has 0 atom stereocenters. The molecule has 2 nitrogen and oxygen atoms in total. The second-order valence-electron chi connectivity index (χ2n) is 5.23. The van der Waals surface area contributed by atoms with Crippen LogP contribution in [-0.4, -0.2) is 13.1 Å². The zero-order valence-electron chi connectivity index (χ0n) is 12.7. The summed E-state index contributed by atoms with van der Waals surface area (Å²) in [6.45, 7) is 8.13. The SMILES string of the molecule is CCN(c1ccc(C)cc1)c1ccc(CCN)c(C)c1. The fraction of sp³-hybridized carbons (Fsp3) is 0.333. The summed E-state index contributed by atoms with van der Waals surface area (Å²) in [7, 11) is 0. The summed E-state index contributed by atoms with van der Waals surface area (Å²) in [6.07, 6.45) is 0.947. The molecule has 2 aromatic carbocycles. The highest BCUT2D eigenvalue weighted by Crippen LogP contribution is 2.27. The van der Waals surface area contributed by atoms with E-state index in [2.05, 4.69) is 68.1 Å². The lowest BCUT2D eigenvalue weighted by molar-refractivity contribution is 0.953. The lowest BCUT2D eigenvalue weighted by Crippen LogP contribution is -2.16. The lowest BCUT2D eigenvalue weighted by atomic mass is 10.0. The topological polar surface area (TPSA) is 29.3 Å². The third kappa shape index (κ3) is 3.20. The van der Waals surface area contributed by atoms with Crippen molar-refractivity contribution in [2.75, 3.05) is 18.0 Å². The Hall–Kier alpha value is -1.80. The molecule has 0 saturated heterocycles. The van der Waals surface area contributed by atoms with Crippen LogP contribution in [0.1, 0.15) is 23.6 Å². The molecule has 0 fully saturated rings. The highest BCUT2D eigenvalue weighted by atomic mass is 15.1. The van der Waals surface area contributed by atoms with E-state index in [-0.39, 0.29) is 0 Å². The Morgan fingerprint density at radius 1 is 0.950 bits per heavy atom. The van der Waals surface area contributed by atoms with Gasteiger partial charge in [0.2, 0.25) is 0 Å². The molecule has 0 aliphatic rings. The van der Waals surface area contributed by atoms with E-state index in [1.54, 1.807) is 0 Å². The molecule has 0 aliphatic heterocycles. The van der Waals surface area contributed by atoms with Crippen molar-refractivity contribution < 1.29 is 0 Å². The molecule has 0 amide bonds. The van der Waals surface area contributed by atoms with Gasteiger partial charge in [-0.2, -0.15) is 0 Å². The van der Waals surface area contributed by atoms with Crippen molar-refractivity contribution in [3.63, 3.8) is 0 Å². The third-order valence-electron chi connectivity index (χ3n) is 3.71. The summed E-state index contributed by atoms with van der Waals surface area (Å²) >= 11 is 0. The molecule has 20 heavy (non-hydrogen) atoms. The van der Waals surface area contributed by atoms with E-state index in [0.29, 0.717) is 6.54 Å². The molecular formula is C18H24N2. The van der Waals surface area contributed by atoms with Crippen LogP contribution in [0, 0.1) is 13.8 Å². The zero-order chi connectivity index (χ0) is 14.5. The number of rotatable bonds is 5. The van der Waals surface area contributed by atoms with E-state index in [4.69, 9.17) is 5.73 Å². The normalized spacial score (nSPS) is 10.6. The van der Waals surface area contributed by atoms with Crippen molar-refractivity contribution in [3.8, 4) is 0 Å². The standard InChI is InChI=1S/C18H24N2/c1-4-20(17-8-5-14(2)6-9-17)18-10-7-16(11-12-19)15(3)13-18/h5-10,13H,4,11-12,19H2,1-3H3. The van der Waals surface area contributed by atoms with E-state index in [1.807, 2.05) is 0 Å². The Kier molecular flexibility index (Phi) is 4.80. The molecule has 0 aromatic heterocycles. The van der Waals surface area contributed by atoms with E-state index in [1.165, 1.54) is 28.1 Å². The van der Waals surface area contributed by atoms with Crippen molar-refractivity contribution in [1.29, 1.82) is 0 Å². The molecule has 0 heterocycles. The number of anilines is 2. The minimum atomic E-state index is 0.704. The molecule has 0 saturated carbocycles. The van der Waals surface area contributed by atoms with Crippen LogP contribution in [0.2, 0.25) is 0 Å². The maximum Gasteiger partial charge on any atom is 0.0413 e. The van der Waals surface area contributed by atoms with Gasteiger partial charge < -0.3 is 10.6 Å². The molecule has 2 N–H and O–H groups in total. The molecule has 0 bridgehead atoms. The average Bonchev–Trinajstić information content (AvgIpc) is 2.45. The van der Waals surface area contributed by atoms with E-state index >= 15 is 0 Å². The van der Waals surface area contributed by atoms with Crippen molar-refractivity contribution in [1.82, 2.24) is 0 Å². The van der Waals surface area contributed by atoms with Crippen molar-refractivity contribution in [3.05, 3.63) is 59.2 Å². The monoisotopic (exact) mass is 268 g/mol. The molecule has 2 aromatic rings. The first kappa shape index (κ1) is 14.6. The summed E-state index contributed by atoms with van der Waals surface area (Å²) in [6, 6.07) is 15.3. The van der Waals surface area contributed by atoms with Gasteiger partial charge in [-0.1, -0.05) is 23.8 Å². The second-order valence-corrected chi connectivity index (χ2v) is 5.23. The van der Waals surface area contributed by atoms with Crippen molar-refractivity contribution in [2.24, 2.45) is 5.73 Å². The van der Waals surface area contributed by atoms with Crippen LogP contribution in [0.25, 0.3) is 0 Å². The number of hydrogen-bond acceptors (Lipinski definition) is 2. The van der Waals surface area contributed by atoms with Crippen molar-refractivity contribution >= 4 is 11.4 Å². The molecular weight excluding hydrogens is 244 g/mol.